The summed E-state index contributed by atoms with van der Waals surface area (Å²) in [6, 6.07) is 0.829. The van der Waals surface area contributed by atoms with Gasteiger partial charge in [0.2, 0.25) is 0 Å². The fourth-order valence-corrected chi connectivity index (χ4v) is 2.46. The first-order chi connectivity index (χ1) is 5.74. The average molecular weight is 282 g/mol. The summed E-state index contributed by atoms with van der Waals surface area (Å²) in [5, 5.41) is 0. The van der Waals surface area contributed by atoms with Gasteiger partial charge in [0.05, 0.1) is 0 Å². The van der Waals surface area contributed by atoms with Crippen molar-refractivity contribution in [3.05, 3.63) is 0 Å². The van der Waals surface area contributed by atoms with E-state index in [1.165, 1.54) is 36.9 Å². The molecule has 1 heterocycles. The molecule has 1 aliphatic heterocycles. The SMILES string of the molecule is CN(C)C1CCN(CCI)CC1. The standard InChI is InChI=1S/C9H19IN2/c1-11(2)9-3-6-12(7-4-9)8-5-10/h9H,3-8H2,1-2H3. The van der Waals surface area contributed by atoms with Crippen LogP contribution in [0.25, 0.3) is 0 Å². The minimum Gasteiger partial charge on any atom is -0.306 e. The predicted molar refractivity (Wildman–Crippen MR) is 62.0 cm³/mol. The number of hydrogen-bond acceptors (Lipinski definition) is 2. The van der Waals surface area contributed by atoms with Crippen LogP contribution in [0.4, 0.5) is 0 Å². The van der Waals surface area contributed by atoms with Crippen LogP contribution in [0.3, 0.4) is 0 Å². The van der Waals surface area contributed by atoms with Gasteiger partial charge >= 0.3 is 0 Å². The average Bonchev–Trinajstić information content (AvgIpc) is 2.06. The van der Waals surface area contributed by atoms with Crippen molar-refractivity contribution in [3.8, 4) is 0 Å². The smallest absolute Gasteiger partial charge is 0.0123 e. The molecular weight excluding hydrogens is 263 g/mol. The molecule has 2 nitrogen and oxygen atoms in total. The molecule has 0 aliphatic carbocycles. The van der Waals surface area contributed by atoms with E-state index in [1.54, 1.807) is 0 Å². The molecule has 0 aromatic rings. The van der Waals surface area contributed by atoms with Crippen LogP contribution in [0.5, 0.6) is 0 Å². The molecule has 0 radical (unpaired) electrons. The Hall–Kier alpha value is 0.650. The summed E-state index contributed by atoms with van der Waals surface area (Å²) >= 11 is 2.46. The van der Waals surface area contributed by atoms with Crippen LogP contribution in [0, 0.1) is 0 Å². The van der Waals surface area contributed by atoms with Crippen molar-refractivity contribution in [1.29, 1.82) is 0 Å². The minimum atomic E-state index is 0.829. The molecule has 1 rings (SSSR count). The third kappa shape index (κ3) is 3.18. The van der Waals surface area contributed by atoms with Crippen LogP contribution in [-0.2, 0) is 0 Å². The molecular formula is C9H19IN2. The Labute approximate surface area is 89.4 Å². The summed E-state index contributed by atoms with van der Waals surface area (Å²) < 4.78 is 1.27. The zero-order valence-electron chi connectivity index (χ0n) is 8.09. The van der Waals surface area contributed by atoms with Gasteiger partial charge in [-0.1, -0.05) is 22.6 Å². The van der Waals surface area contributed by atoms with E-state index < -0.39 is 0 Å². The van der Waals surface area contributed by atoms with Crippen molar-refractivity contribution < 1.29 is 0 Å². The maximum absolute atomic E-state index is 2.58. The second-order valence-corrected chi connectivity index (χ2v) is 4.80. The lowest BCUT2D eigenvalue weighted by Gasteiger charge is -2.34. The van der Waals surface area contributed by atoms with Crippen molar-refractivity contribution >= 4 is 22.6 Å². The molecule has 12 heavy (non-hydrogen) atoms. The van der Waals surface area contributed by atoms with E-state index >= 15 is 0 Å². The van der Waals surface area contributed by atoms with Crippen molar-refractivity contribution in [1.82, 2.24) is 9.80 Å². The van der Waals surface area contributed by atoms with E-state index in [0.717, 1.165) is 6.04 Å². The van der Waals surface area contributed by atoms with Crippen molar-refractivity contribution in [2.24, 2.45) is 0 Å². The van der Waals surface area contributed by atoms with Gasteiger partial charge in [0.25, 0.3) is 0 Å². The molecule has 0 aromatic carbocycles. The highest BCUT2D eigenvalue weighted by atomic mass is 127. The maximum Gasteiger partial charge on any atom is 0.0123 e. The molecule has 1 aliphatic rings. The van der Waals surface area contributed by atoms with Gasteiger partial charge in [-0.25, -0.2) is 0 Å². The predicted octanol–water partition coefficient (Wildman–Crippen LogP) is 1.45. The number of piperidine rings is 1. The van der Waals surface area contributed by atoms with Gasteiger partial charge in [0, 0.05) is 17.0 Å². The first-order valence-corrected chi connectivity index (χ1v) is 6.21. The number of likely N-dealkylation sites (tertiary alicyclic amines) is 1. The zero-order chi connectivity index (χ0) is 8.97. The Bertz CT molecular complexity index is 120. The first-order valence-electron chi connectivity index (χ1n) is 4.69. The molecule has 0 saturated carbocycles. The maximum atomic E-state index is 2.58. The molecule has 0 unspecified atom stereocenters. The third-order valence-electron chi connectivity index (χ3n) is 2.69. The Morgan fingerprint density at radius 2 is 1.92 bits per heavy atom. The van der Waals surface area contributed by atoms with E-state index in [-0.39, 0.29) is 0 Å². The van der Waals surface area contributed by atoms with Crippen LogP contribution in [-0.4, -0.2) is 54.0 Å². The van der Waals surface area contributed by atoms with E-state index in [0.29, 0.717) is 0 Å². The van der Waals surface area contributed by atoms with Gasteiger partial charge in [-0.2, -0.15) is 0 Å². The lowest BCUT2D eigenvalue weighted by atomic mass is 10.0. The molecule has 72 valence electrons. The summed E-state index contributed by atoms with van der Waals surface area (Å²) in [4.78, 5) is 4.94. The first kappa shape index (κ1) is 10.7. The molecule has 1 saturated heterocycles. The summed E-state index contributed by atoms with van der Waals surface area (Å²) in [6.07, 6.45) is 2.70. The quantitative estimate of drug-likeness (QED) is 0.571. The molecule has 1 fully saturated rings. The largest absolute Gasteiger partial charge is 0.306 e. The van der Waals surface area contributed by atoms with Crippen molar-refractivity contribution in [2.45, 2.75) is 18.9 Å². The topological polar surface area (TPSA) is 6.48 Å². The van der Waals surface area contributed by atoms with E-state index in [9.17, 15) is 0 Å². The normalized spacial score (nSPS) is 22.0. The Morgan fingerprint density at radius 1 is 1.33 bits per heavy atom. The van der Waals surface area contributed by atoms with Crippen LogP contribution in [0.15, 0.2) is 0 Å². The monoisotopic (exact) mass is 282 g/mol. The lowest BCUT2D eigenvalue weighted by molar-refractivity contribution is 0.151. The highest BCUT2D eigenvalue weighted by Gasteiger charge is 2.19. The molecule has 0 amide bonds. The Kier molecular flexibility index (Phi) is 4.82. The van der Waals surface area contributed by atoms with Gasteiger partial charge < -0.3 is 9.80 Å². The molecule has 0 spiro atoms. The van der Waals surface area contributed by atoms with Crippen molar-refractivity contribution in [3.63, 3.8) is 0 Å². The van der Waals surface area contributed by atoms with E-state index in [4.69, 9.17) is 0 Å². The fourth-order valence-electron chi connectivity index (χ4n) is 1.78. The summed E-state index contributed by atoms with van der Waals surface area (Å²) in [5.41, 5.74) is 0. The van der Waals surface area contributed by atoms with Crippen LogP contribution >= 0.6 is 22.6 Å². The molecule has 0 atom stereocenters. The van der Waals surface area contributed by atoms with Crippen LogP contribution in [0.1, 0.15) is 12.8 Å². The number of halogens is 1. The Balaban J connectivity index is 2.20. The highest BCUT2D eigenvalue weighted by molar-refractivity contribution is 14.1. The summed E-state index contributed by atoms with van der Waals surface area (Å²) in [7, 11) is 4.39. The van der Waals surface area contributed by atoms with Gasteiger partial charge in [0.15, 0.2) is 0 Å². The second-order valence-electron chi connectivity index (χ2n) is 3.73. The Morgan fingerprint density at radius 3 is 2.33 bits per heavy atom. The highest BCUT2D eigenvalue weighted by Crippen LogP contribution is 2.13. The number of hydrogen-bond donors (Lipinski definition) is 0. The number of alkyl halides is 1. The number of rotatable bonds is 3. The molecule has 0 N–H and O–H groups in total. The zero-order valence-corrected chi connectivity index (χ0v) is 10.2. The van der Waals surface area contributed by atoms with E-state index in [1.807, 2.05) is 0 Å². The van der Waals surface area contributed by atoms with Gasteiger partial charge in [-0.15, -0.1) is 0 Å². The molecule has 3 heteroatoms. The minimum absolute atomic E-state index is 0.829. The third-order valence-corrected chi connectivity index (χ3v) is 3.17. The fraction of sp³-hybridized carbons (Fsp3) is 1.00. The molecule has 0 aromatic heterocycles. The van der Waals surface area contributed by atoms with Crippen LogP contribution in [0.2, 0.25) is 0 Å². The second kappa shape index (κ2) is 5.40. The van der Waals surface area contributed by atoms with Crippen molar-refractivity contribution in [2.75, 3.05) is 38.2 Å². The van der Waals surface area contributed by atoms with Gasteiger partial charge in [-0.3, -0.25) is 0 Å². The lowest BCUT2D eigenvalue weighted by Crippen LogP contribution is -2.42. The molecule has 0 bridgehead atoms. The van der Waals surface area contributed by atoms with Gasteiger partial charge in [-0.05, 0) is 40.0 Å². The number of nitrogens with zero attached hydrogens (tertiary/aromatic N) is 2. The van der Waals surface area contributed by atoms with Crippen LogP contribution < -0.4 is 0 Å². The summed E-state index contributed by atoms with van der Waals surface area (Å²) in [5.74, 6) is 0. The summed E-state index contributed by atoms with van der Waals surface area (Å²) in [6.45, 7) is 3.87. The van der Waals surface area contributed by atoms with Gasteiger partial charge in [0.1, 0.15) is 0 Å². The van der Waals surface area contributed by atoms with E-state index in [2.05, 4.69) is 46.5 Å².